The van der Waals surface area contributed by atoms with Crippen LogP contribution in [-0.2, 0) is 0 Å². The third kappa shape index (κ3) is 3.42. The van der Waals surface area contributed by atoms with Gasteiger partial charge < -0.3 is 9.13 Å². The number of rotatable bonds is 5. The quantitative estimate of drug-likeness (QED) is 0.373. The van der Waals surface area contributed by atoms with Crippen LogP contribution in [0.2, 0.25) is 0 Å². The van der Waals surface area contributed by atoms with Gasteiger partial charge in [0.25, 0.3) is 5.56 Å². The van der Waals surface area contributed by atoms with E-state index >= 15 is 4.39 Å². The maximum atomic E-state index is 15.1. The van der Waals surface area contributed by atoms with Gasteiger partial charge in [0.15, 0.2) is 5.82 Å². The minimum Gasteiger partial charge on any atom is -0.327 e. The fourth-order valence-electron chi connectivity index (χ4n) is 4.30. The van der Waals surface area contributed by atoms with Crippen LogP contribution in [0.1, 0.15) is 44.3 Å². The SMILES string of the molecule is CC(C)n1ccnc1-c1cccc(-n2cc(F)c3ccc(-n4cnc(C5CC5)c4)cc3c2=O)n1. The lowest BCUT2D eigenvalue weighted by Gasteiger charge is -2.13. The minimum absolute atomic E-state index is 0.200. The van der Waals surface area contributed by atoms with Crippen LogP contribution < -0.4 is 5.56 Å². The zero-order valence-corrected chi connectivity index (χ0v) is 18.9. The van der Waals surface area contributed by atoms with Crippen LogP contribution in [0.15, 0.2) is 72.3 Å². The molecule has 6 rings (SSSR count). The number of nitrogens with zero attached hydrogens (tertiary/aromatic N) is 6. The van der Waals surface area contributed by atoms with Crippen molar-refractivity contribution >= 4 is 10.8 Å². The van der Waals surface area contributed by atoms with Gasteiger partial charge in [-0.05, 0) is 57.0 Å². The highest BCUT2D eigenvalue weighted by molar-refractivity contribution is 5.84. The Balaban J connectivity index is 1.46. The predicted octanol–water partition coefficient (Wildman–Crippen LogP) is 5.03. The second-order valence-electron chi connectivity index (χ2n) is 9.00. The van der Waals surface area contributed by atoms with Crippen molar-refractivity contribution in [2.75, 3.05) is 0 Å². The molecule has 8 heteroatoms. The van der Waals surface area contributed by atoms with Gasteiger partial charge in [0.1, 0.15) is 17.3 Å². The Kier molecular flexibility index (Phi) is 4.69. The molecule has 4 aromatic heterocycles. The predicted molar refractivity (Wildman–Crippen MR) is 128 cm³/mol. The summed E-state index contributed by atoms with van der Waals surface area (Å²) in [5.74, 6) is 1.08. The summed E-state index contributed by atoms with van der Waals surface area (Å²) in [6, 6.07) is 10.7. The summed E-state index contributed by atoms with van der Waals surface area (Å²) in [4.78, 5) is 27.0. The Morgan fingerprint density at radius 1 is 1.06 bits per heavy atom. The molecule has 1 fully saturated rings. The minimum atomic E-state index is -0.485. The van der Waals surface area contributed by atoms with Crippen molar-refractivity contribution in [1.82, 2.24) is 28.7 Å². The Hall–Kier alpha value is -4.07. The highest BCUT2D eigenvalue weighted by Crippen LogP contribution is 2.39. The van der Waals surface area contributed by atoms with E-state index < -0.39 is 5.82 Å². The van der Waals surface area contributed by atoms with Crippen LogP contribution in [0.3, 0.4) is 0 Å². The summed E-state index contributed by atoms with van der Waals surface area (Å²) in [5.41, 5.74) is 2.10. The Morgan fingerprint density at radius 2 is 1.91 bits per heavy atom. The van der Waals surface area contributed by atoms with Crippen molar-refractivity contribution in [1.29, 1.82) is 0 Å². The van der Waals surface area contributed by atoms with Crippen LogP contribution in [0.5, 0.6) is 0 Å². The molecule has 0 spiro atoms. The number of halogens is 1. The molecular weight excluding hydrogens is 431 g/mol. The van der Waals surface area contributed by atoms with Crippen LogP contribution in [0, 0.1) is 5.82 Å². The molecule has 4 heterocycles. The lowest BCUT2D eigenvalue weighted by Crippen LogP contribution is -2.20. The third-order valence-corrected chi connectivity index (χ3v) is 6.28. The standard InChI is InChI=1S/C26H23FN6O/c1-16(2)32-11-10-28-25(32)22-4-3-5-24(30-22)33-13-21(27)19-9-8-18(12-20(19)26(33)34)31-14-23(29-15-31)17-6-7-17/h3-5,8-17H,6-7H2,1-2H3. The summed E-state index contributed by atoms with van der Waals surface area (Å²) >= 11 is 0. The van der Waals surface area contributed by atoms with E-state index in [1.54, 1.807) is 42.9 Å². The monoisotopic (exact) mass is 454 g/mol. The van der Waals surface area contributed by atoms with Crippen LogP contribution in [0.4, 0.5) is 4.39 Å². The molecule has 1 aliphatic carbocycles. The molecule has 0 atom stereocenters. The Labute approximate surface area is 195 Å². The molecule has 170 valence electrons. The van der Waals surface area contributed by atoms with E-state index in [0.717, 1.165) is 24.2 Å². The molecule has 1 aliphatic rings. The average Bonchev–Trinajstić information content (AvgIpc) is 3.36. The molecule has 0 aliphatic heterocycles. The number of imidazole rings is 2. The summed E-state index contributed by atoms with van der Waals surface area (Å²) in [6.45, 7) is 4.12. The van der Waals surface area contributed by atoms with Crippen molar-refractivity contribution in [2.45, 2.75) is 38.6 Å². The molecule has 7 nitrogen and oxygen atoms in total. The summed E-state index contributed by atoms with van der Waals surface area (Å²) < 4.78 is 20.2. The maximum Gasteiger partial charge on any atom is 0.264 e. The van der Waals surface area contributed by atoms with Crippen molar-refractivity contribution in [3.8, 4) is 23.0 Å². The molecule has 1 saturated carbocycles. The largest absolute Gasteiger partial charge is 0.327 e. The van der Waals surface area contributed by atoms with Crippen molar-refractivity contribution < 1.29 is 4.39 Å². The normalized spacial score (nSPS) is 13.8. The van der Waals surface area contributed by atoms with E-state index in [1.807, 2.05) is 27.6 Å². The molecule has 0 unspecified atom stereocenters. The summed E-state index contributed by atoms with van der Waals surface area (Å²) in [7, 11) is 0. The van der Waals surface area contributed by atoms with Gasteiger partial charge in [-0.15, -0.1) is 0 Å². The van der Waals surface area contributed by atoms with Crippen molar-refractivity contribution in [2.24, 2.45) is 0 Å². The first kappa shape index (κ1) is 20.5. The molecule has 0 saturated heterocycles. The zero-order valence-electron chi connectivity index (χ0n) is 18.9. The van der Waals surface area contributed by atoms with Crippen molar-refractivity contribution in [3.63, 3.8) is 0 Å². The highest BCUT2D eigenvalue weighted by Gasteiger charge is 2.26. The second kappa shape index (κ2) is 7.76. The van der Waals surface area contributed by atoms with Gasteiger partial charge in [-0.2, -0.15) is 0 Å². The smallest absolute Gasteiger partial charge is 0.264 e. The van der Waals surface area contributed by atoms with Gasteiger partial charge in [-0.3, -0.25) is 9.36 Å². The maximum absolute atomic E-state index is 15.1. The first-order valence-corrected chi connectivity index (χ1v) is 11.4. The Bertz CT molecular complexity index is 1590. The number of pyridine rings is 2. The van der Waals surface area contributed by atoms with Crippen LogP contribution in [-0.4, -0.2) is 28.7 Å². The van der Waals surface area contributed by atoms with Crippen molar-refractivity contribution in [3.05, 3.63) is 89.4 Å². The molecule has 0 amide bonds. The van der Waals surface area contributed by atoms with E-state index in [9.17, 15) is 4.79 Å². The van der Waals surface area contributed by atoms with Gasteiger partial charge in [0.2, 0.25) is 0 Å². The lowest BCUT2D eigenvalue weighted by atomic mass is 10.1. The molecule has 0 N–H and O–H groups in total. The number of fused-ring (bicyclic) bond motifs is 1. The molecule has 0 bridgehead atoms. The van der Waals surface area contributed by atoms with E-state index in [4.69, 9.17) is 0 Å². The fraction of sp³-hybridized carbons (Fsp3) is 0.231. The molecule has 1 aromatic carbocycles. The van der Waals surface area contributed by atoms with Gasteiger partial charge in [0, 0.05) is 41.6 Å². The molecule has 34 heavy (non-hydrogen) atoms. The van der Waals surface area contributed by atoms with Crippen LogP contribution >= 0.6 is 0 Å². The number of aromatic nitrogens is 6. The van der Waals surface area contributed by atoms with Gasteiger partial charge >= 0.3 is 0 Å². The topological polar surface area (TPSA) is 70.5 Å². The zero-order chi connectivity index (χ0) is 23.4. The number of hydrogen-bond donors (Lipinski definition) is 0. The molecule has 5 aromatic rings. The fourth-order valence-corrected chi connectivity index (χ4v) is 4.30. The van der Waals surface area contributed by atoms with Gasteiger partial charge in [-0.1, -0.05) is 6.07 Å². The van der Waals surface area contributed by atoms with Gasteiger partial charge in [0.05, 0.1) is 23.6 Å². The van der Waals surface area contributed by atoms with E-state index in [0.29, 0.717) is 23.3 Å². The van der Waals surface area contributed by atoms with E-state index in [1.165, 1.54) is 10.8 Å². The number of hydrogen-bond acceptors (Lipinski definition) is 4. The molecule has 0 radical (unpaired) electrons. The second-order valence-corrected chi connectivity index (χ2v) is 9.00. The summed E-state index contributed by atoms with van der Waals surface area (Å²) in [5, 5.41) is 0.564. The number of benzene rings is 1. The first-order valence-electron chi connectivity index (χ1n) is 11.4. The first-order chi connectivity index (χ1) is 16.5. The van der Waals surface area contributed by atoms with E-state index in [-0.39, 0.29) is 22.4 Å². The molecular formula is C26H23FN6O. The highest BCUT2D eigenvalue weighted by atomic mass is 19.1. The third-order valence-electron chi connectivity index (χ3n) is 6.28. The lowest BCUT2D eigenvalue weighted by molar-refractivity contribution is 0.605. The Morgan fingerprint density at radius 3 is 2.71 bits per heavy atom. The average molecular weight is 455 g/mol. The van der Waals surface area contributed by atoms with Gasteiger partial charge in [-0.25, -0.2) is 19.3 Å². The van der Waals surface area contributed by atoms with E-state index in [2.05, 4.69) is 28.8 Å². The summed E-state index contributed by atoms with van der Waals surface area (Å²) in [6.07, 6.45) is 10.9. The van der Waals surface area contributed by atoms with Crippen LogP contribution in [0.25, 0.3) is 33.8 Å².